The van der Waals surface area contributed by atoms with Gasteiger partial charge in [-0.05, 0) is 30.5 Å². The van der Waals surface area contributed by atoms with Gasteiger partial charge >= 0.3 is 0 Å². The molecule has 2 N–H and O–H groups in total. The Labute approximate surface area is 171 Å². The molecule has 2 aromatic carbocycles. The van der Waals surface area contributed by atoms with Crippen LogP contribution in [-0.4, -0.2) is 19.3 Å². The Kier molecular flexibility index (Phi) is 5.75. The summed E-state index contributed by atoms with van der Waals surface area (Å²) in [5.41, 5.74) is 1.98. The van der Waals surface area contributed by atoms with Gasteiger partial charge in [0.2, 0.25) is 0 Å². The smallest absolute Gasteiger partial charge is 0.179 e. The molecule has 2 aromatic rings. The lowest BCUT2D eigenvalue weighted by molar-refractivity contribution is -0.707. The third-order valence-corrected chi connectivity index (χ3v) is 6.25. The predicted molar refractivity (Wildman–Crippen MR) is 109 cm³/mol. The summed E-state index contributed by atoms with van der Waals surface area (Å²) in [6, 6.07) is 17.4. The lowest BCUT2D eigenvalue weighted by Crippen LogP contribution is -2.89. The molecule has 2 aliphatic rings. The average molecular weight is 398 g/mol. The summed E-state index contributed by atoms with van der Waals surface area (Å²) < 4.78 is 11.5. The molecular weight excluding hydrogens is 372 g/mol. The SMILES string of the molecule is N#CC1(c2ccccc2)CCC([NH2+]Cc2cc(Cl)c3c(c2)OCCCO3)CC1. The molecule has 0 unspecified atom stereocenters. The molecule has 0 spiro atoms. The number of quaternary nitrogens is 1. The van der Waals surface area contributed by atoms with Crippen LogP contribution in [0.1, 0.15) is 43.2 Å². The second-order valence-electron chi connectivity index (χ2n) is 7.79. The van der Waals surface area contributed by atoms with Gasteiger partial charge in [-0.3, -0.25) is 0 Å². The van der Waals surface area contributed by atoms with E-state index < -0.39 is 0 Å². The van der Waals surface area contributed by atoms with E-state index in [0.717, 1.165) is 55.5 Å². The molecule has 1 aliphatic carbocycles. The molecule has 0 aromatic heterocycles. The summed E-state index contributed by atoms with van der Waals surface area (Å²) >= 11 is 6.41. The van der Waals surface area contributed by atoms with Crippen LogP contribution in [0.4, 0.5) is 0 Å². The maximum Gasteiger partial charge on any atom is 0.179 e. The van der Waals surface area contributed by atoms with E-state index in [1.807, 2.05) is 24.3 Å². The van der Waals surface area contributed by atoms with Crippen molar-refractivity contribution in [3.63, 3.8) is 0 Å². The van der Waals surface area contributed by atoms with Crippen molar-refractivity contribution < 1.29 is 14.8 Å². The standard InChI is InChI=1S/C23H25ClN2O2/c24-20-13-17(14-21-22(20)28-12-4-11-27-21)15-26-19-7-9-23(16-25,10-8-19)18-5-2-1-3-6-18/h1-3,5-6,13-14,19,26H,4,7-12,15H2/p+1. The highest BCUT2D eigenvalue weighted by atomic mass is 35.5. The van der Waals surface area contributed by atoms with Crippen molar-refractivity contribution in [2.75, 3.05) is 13.2 Å². The minimum absolute atomic E-state index is 0.329. The molecule has 1 aliphatic heterocycles. The van der Waals surface area contributed by atoms with Crippen LogP contribution < -0.4 is 14.8 Å². The van der Waals surface area contributed by atoms with E-state index in [0.29, 0.717) is 30.0 Å². The fourth-order valence-electron chi connectivity index (χ4n) is 4.30. The van der Waals surface area contributed by atoms with E-state index >= 15 is 0 Å². The van der Waals surface area contributed by atoms with Crippen LogP contribution in [0.3, 0.4) is 0 Å². The van der Waals surface area contributed by atoms with Gasteiger partial charge < -0.3 is 14.8 Å². The van der Waals surface area contributed by atoms with E-state index in [9.17, 15) is 5.26 Å². The van der Waals surface area contributed by atoms with Crippen molar-refractivity contribution in [3.05, 3.63) is 58.6 Å². The van der Waals surface area contributed by atoms with Gasteiger partial charge in [-0.25, -0.2) is 0 Å². The zero-order valence-electron chi connectivity index (χ0n) is 16.0. The quantitative estimate of drug-likeness (QED) is 0.849. The molecule has 5 heteroatoms. The molecule has 1 fully saturated rings. The maximum absolute atomic E-state index is 9.85. The molecule has 1 saturated carbocycles. The van der Waals surface area contributed by atoms with E-state index in [1.165, 1.54) is 0 Å². The van der Waals surface area contributed by atoms with Crippen LogP contribution >= 0.6 is 11.6 Å². The summed E-state index contributed by atoms with van der Waals surface area (Å²) in [7, 11) is 0. The number of nitrogens with zero attached hydrogens (tertiary/aromatic N) is 1. The first-order chi connectivity index (χ1) is 13.7. The van der Waals surface area contributed by atoms with Gasteiger partial charge in [0.1, 0.15) is 6.54 Å². The first kappa shape index (κ1) is 19.1. The fraction of sp³-hybridized carbons (Fsp3) is 0.435. The molecule has 0 bridgehead atoms. The van der Waals surface area contributed by atoms with Crippen LogP contribution in [0.2, 0.25) is 5.02 Å². The van der Waals surface area contributed by atoms with E-state index in [-0.39, 0.29) is 5.41 Å². The van der Waals surface area contributed by atoms with Crippen molar-refractivity contribution in [1.29, 1.82) is 5.26 Å². The second kappa shape index (κ2) is 8.43. The van der Waals surface area contributed by atoms with E-state index in [4.69, 9.17) is 21.1 Å². The maximum atomic E-state index is 9.85. The Morgan fingerprint density at radius 2 is 1.86 bits per heavy atom. The van der Waals surface area contributed by atoms with Crippen LogP contribution in [0.15, 0.2) is 42.5 Å². The predicted octanol–water partition coefficient (Wildman–Crippen LogP) is 3.97. The average Bonchev–Trinajstić information content (AvgIpc) is 2.99. The summed E-state index contributed by atoms with van der Waals surface area (Å²) in [5, 5.41) is 12.9. The molecule has 4 rings (SSSR count). The van der Waals surface area contributed by atoms with Gasteiger partial charge in [-0.2, -0.15) is 5.26 Å². The molecular formula is C23H26ClN2O2+. The van der Waals surface area contributed by atoms with E-state index in [2.05, 4.69) is 29.6 Å². The summed E-state index contributed by atoms with van der Waals surface area (Å²) in [5.74, 6) is 1.42. The minimum atomic E-state index is -0.329. The Bertz CT molecular complexity index is 855. The van der Waals surface area contributed by atoms with Crippen molar-refractivity contribution >= 4 is 11.6 Å². The van der Waals surface area contributed by atoms with Crippen LogP contribution in [0, 0.1) is 11.3 Å². The normalized spacial score (nSPS) is 24.2. The molecule has 0 amide bonds. The zero-order chi connectivity index (χ0) is 19.4. The third-order valence-electron chi connectivity index (χ3n) is 5.97. The third kappa shape index (κ3) is 3.97. The number of benzene rings is 2. The Hall–Kier alpha value is -2.22. The van der Waals surface area contributed by atoms with Gasteiger partial charge in [0.25, 0.3) is 0 Å². The summed E-state index contributed by atoms with van der Waals surface area (Å²) in [4.78, 5) is 0. The van der Waals surface area contributed by atoms with Crippen LogP contribution in [-0.2, 0) is 12.0 Å². The molecule has 0 saturated heterocycles. The van der Waals surface area contributed by atoms with Crippen molar-refractivity contribution in [3.8, 4) is 17.6 Å². The monoisotopic (exact) mass is 397 g/mol. The van der Waals surface area contributed by atoms with Crippen LogP contribution in [0.5, 0.6) is 11.5 Å². The summed E-state index contributed by atoms with van der Waals surface area (Å²) in [6.45, 7) is 2.16. The Morgan fingerprint density at radius 3 is 2.61 bits per heavy atom. The lowest BCUT2D eigenvalue weighted by Gasteiger charge is -2.34. The van der Waals surface area contributed by atoms with E-state index in [1.54, 1.807) is 0 Å². The van der Waals surface area contributed by atoms with Gasteiger partial charge in [-0.15, -0.1) is 0 Å². The molecule has 4 nitrogen and oxygen atoms in total. The fourth-order valence-corrected chi connectivity index (χ4v) is 4.58. The second-order valence-corrected chi connectivity index (χ2v) is 8.20. The van der Waals surface area contributed by atoms with Gasteiger partial charge in [-0.1, -0.05) is 41.9 Å². The highest BCUT2D eigenvalue weighted by Gasteiger charge is 2.38. The zero-order valence-corrected chi connectivity index (χ0v) is 16.8. The topological polar surface area (TPSA) is 58.9 Å². The number of fused-ring (bicyclic) bond motifs is 1. The lowest BCUT2D eigenvalue weighted by atomic mass is 9.69. The molecule has 0 atom stereocenters. The highest BCUT2D eigenvalue weighted by molar-refractivity contribution is 6.32. The van der Waals surface area contributed by atoms with Crippen molar-refractivity contribution in [1.82, 2.24) is 0 Å². The van der Waals surface area contributed by atoms with Gasteiger partial charge in [0.15, 0.2) is 11.5 Å². The molecule has 28 heavy (non-hydrogen) atoms. The summed E-state index contributed by atoms with van der Waals surface area (Å²) in [6.07, 6.45) is 4.78. The molecule has 0 radical (unpaired) electrons. The number of hydrogen-bond donors (Lipinski definition) is 1. The minimum Gasteiger partial charge on any atom is -0.489 e. The molecule has 146 valence electrons. The first-order valence-corrected chi connectivity index (χ1v) is 10.5. The number of hydrogen-bond acceptors (Lipinski definition) is 3. The highest BCUT2D eigenvalue weighted by Crippen LogP contribution is 2.39. The number of rotatable bonds is 4. The Morgan fingerprint density at radius 1 is 1.11 bits per heavy atom. The number of halogens is 1. The number of ether oxygens (including phenoxy) is 2. The number of nitriles is 1. The largest absolute Gasteiger partial charge is 0.489 e. The molecule has 1 heterocycles. The van der Waals surface area contributed by atoms with Crippen LogP contribution in [0.25, 0.3) is 0 Å². The van der Waals surface area contributed by atoms with Crippen molar-refractivity contribution in [2.45, 2.75) is 50.1 Å². The Balaban J connectivity index is 1.38. The van der Waals surface area contributed by atoms with Gasteiger partial charge in [0, 0.05) is 24.8 Å². The van der Waals surface area contributed by atoms with Crippen molar-refractivity contribution in [2.24, 2.45) is 0 Å². The number of nitrogens with two attached hydrogens (primary N) is 1. The van der Waals surface area contributed by atoms with Gasteiger partial charge in [0.05, 0.1) is 35.8 Å². The first-order valence-electron chi connectivity index (χ1n) is 10.1.